The second kappa shape index (κ2) is 6.26. The molecule has 0 saturated carbocycles. The molecule has 0 bridgehead atoms. The fourth-order valence-corrected chi connectivity index (χ4v) is 3.57. The maximum Gasteiger partial charge on any atom is 0.201 e. The van der Waals surface area contributed by atoms with Crippen LogP contribution in [-0.2, 0) is 4.74 Å². The standard InChI is InChI=1S/C17H24N4O/c1-2-4-16-15(3-1)19-17(20-16)18-14-5-8-21(9-6-14)11-13-7-10-22-12-13/h1-4,13-14H,5-12H2,(H2,18,19,20)/t13-/m1/s1. The normalized spacial score (nSPS) is 24.1. The van der Waals surface area contributed by atoms with Gasteiger partial charge >= 0.3 is 0 Å². The van der Waals surface area contributed by atoms with E-state index in [2.05, 4.69) is 26.3 Å². The molecule has 2 aromatic rings. The number of aromatic nitrogens is 2. The molecule has 1 aromatic heterocycles. The Bertz CT molecular complexity index is 579. The van der Waals surface area contributed by atoms with E-state index in [0.717, 1.165) is 36.1 Å². The van der Waals surface area contributed by atoms with Crippen molar-refractivity contribution in [3.05, 3.63) is 24.3 Å². The van der Waals surface area contributed by atoms with Gasteiger partial charge in [-0.1, -0.05) is 12.1 Å². The molecule has 1 aromatic carbocycles. The molecule has 2 fully saturated rings. The Hall–Kier alpha value is -1.59. The molecule has 118 valence electrons. The number of aromatic amines is 1. The number of likely N-dealkylation sites (tertiary alicyclic amines) is 1. The third kappa shape index (κ3) is 3.10. The molecule has 4 rings (SSSR count). The minimum Gasteiger partial charge on any atom is -0.381 e. The first-order chi connectivity index (χ1) is 10.9. The van der Waals surface area contributed by atoms with Crippen molar-refractivity contribution in [1.29, 1.82) is 0 Å². The summed E-state index contributed by atoms with van der Waals surface area (Å²) in [5.41, 5.74) is 2.13. The molecule has 2 aliphatic heterocycles. The zero-order chi connectivity index (χ0) is 14.8. The van der Waals surface area contributed by atoms with Crippen molar-refractivity contribution in [2.24, 2.45) is 5.92 Å². The summed E-state index contributed by atoms with van der Waals surface area (Å²) >= 11 is 0. The second-order valence-electron chi connectivity index (χ2n) is 6.55. The van der Waals surface area contributed by atoms with Crippen molar-refractivity contribution in [2.75, 3.05) is 38.2 Å². The van der Waals surface area contributed by atoms with E-state index in [0.29, 0.717) is 6.04 Å². The van der Waals surface area contributed by atoms with Gasteiger partial charge in [0.25, 0.3) is 0 Å². The molecule has 0 spiro atoms. The van der Waals surface area contributed by atoms with Gasteiger partial charge in [0.05, 0.1) is 17.6 Å². The highest BCUT2D eigenvalue weighted by Gasteiger charge is 2.24. The number of anilines is 1. The van der Waals surface area contributed by atoms with Gasteiger partial charge in [-0.15, -0.1) is 0 Å². The van der Waals surface area contributed by atoms with Crippen LogP contribution in [0.4, 0.5) is 5.95 Å². The summed E-state index contributed by atoms with van der Waals surface area (Å²) in [5.74, 6) is 1.66. The summed E-state index contributed by atoms with van der Waals surface area (Å²) in [6.07, 6.45) is 3.60. The van der Waals surface area contributed by atoms with Gasteiger partial charge in [0.1, 0.15) is 0 Å². The van der Waals surface area contributed by atoms with E-state index in [-0.39, 0.29) is 0 Å². The van der Waals surface area contributed by atoms with Crippen LogP contribution in [0.15, 0.2) is 24.3 Å². The molecule has 1 atom stereocenters. The van der Waals surface area contributed by atoms with Crippen LogP contribution in [0.1, 0.15) is 19.3 Å². The van der Waals surface area contributed by atoms with Crippen molar-refractivity contribution in [2.45, 2.75) is 25.3 Å². The largest absolute Gasteiger partial charge is 0.381 e. The van der Waals surface area contributed by atoms with E-state index >= 15 is 0 Å². The zero-order valence-electron chi connectivity index (χ0n) is 12.9. The number of hydrogen-bond acceptors (Lipinski definition) is 4. The van der Waals surface area contributed by atoms with Crippen molar-refractivity contribution >= 4 is 17.0 Å². The summed E-state index contributed by atoms with van der Waals surface area (Å²) in [4.78, 5) is 10.6. The third-order valence-corrected chi connectivity index (χ3v) is 4.86. The Morgan fingerprint density at radius 1 is 1.23 bits per heavy atom. The number of ether oxygens (including phenoxy) is 1. The summed E-state index contributed by atoms with van der Waals surface area (Å²) in [5, 5.41) is 3.57. The van der Waals surface area contributed by atoms with Gasteiger partial charge in [0.15, 0.2) is 0 Å². The minimum absolute atomic E-state index is 0.525. The monoisotopic (exact) mass is 300 g/mol. The highest BCUT2D eigenvalue weighted by Crippen LogP contribution is 2.20. The van der Waals surface area contributed by atoms with Crippen LogP contribution in [-0.4, -0.2) is 53.8 Å². The van der Waals surface area contributed by atoms with Crippen molar-refractivity contribution in [3.8, 4) is 0 Å². The number of fused-ring (bicyclic) bond motifs is 1. The van der Waals surface area contributed by atoms with E-state index in [1.54, 1.807) is 0 Å². The van der Waals surface area contributed by atoms with Crippen molar-refractivity contribution in [3.63, 3.8) is 0 Å². The van der Waals surface area contributed by atoms with Gasteiger partial charge in [-0.25, -0.2) is 4.98 Å². The number of piperidine rings is 1. The molecule has 0 aliphatic carbocycles. The first kappa shape index (κ1) is 14.0. The van der Waals surface area contributed by atoms with E-state index in [1.807, 2.05) is 18.2 Å². The molecule has 5 heteroatoms. The lowest BCUT2D eigenvalue weighted by Gasteiger charge is -2.33. The Morgan fingerprint density at radius 3 is 2.86 bits per heavy atom. The summed E-state index contributed by atoms with van der Waals surface area (Å²) < 4.78 is 5.48. The number of para-hydroxylation sites is 2. The van der Waals surface area contributed by atoms with Gasteiger partial charge in [-0.2, -0.15) is 0 Å². The molecule has 3 heterocycles. The molecule has 0 unspecified atom stereocenters. The molecule has 22 heavy (non-hydrogen) atoms. The third-order valence-electron chi connectivity index (χ3n) is 4.86. The van der Waals surface area contributed by atoms with E-state index in [1.165, 1.54) is 38.9 Å². The Balaban J connectivity index is 1.29. The average molecular weight is 300 g/mol. The van der Waals surface area contributed by atoms with Crippen molar-refractivity contribution < 1.29 is 4.74 Å². The lowest BCUT2D eigenvalue weighted by Crippen LogP contribution is -2.41. The molecular formula is C17H24N4O. The minimum atomic E-state index is 0.525. The number of hydrogen-bond donors (Lipinski definition) is 2. The van der Waals surface area contributed by atoms with Crippen LogP contribution >= 0.6 is 0 Å². The number of H-pyrrole nitrogens is 1. The molecule has 0 radical (unpaired) electrons. The topological polar surface area (TPSA) is 53.2 Å². The van der Waals surface area contributed by atoms with Crippen LogP contribution in [0, 0.1) is 5.92 Å². The Labute approximate surface area is 131 Å². The van der Waals surface area contributed by atoms with Gasteiger partial charge < -0.3 is 19.9 Å². The van der Waals surface area contributed by atoms with Crippen LogP contribution in [0.2, 0.25) is 0 Å². The van der Waals surface area contributed by atoms with Crippen LogP contribution in [0.3, 0.4) is 0 Å². The summed E-state index contributed by atoms with van der Waals surface area (Å²) in [6, 6.07) is 8.70. The molecule has 5 nitrogen and oxygen atoms in total. The predicted octanol–water partition coefficient (Wildman–Crippen LogP) is 2.48. The lowest BCUT2D eigenvalue weighted by atomic mass is 10.0. The molecule has 2 N–H and O–H groups in total. The summed E-state index contributed by atoms with van der Waals surface area (Å²) in [7, 11) is 0. The first-order valence-corrected chi connectivity index (χ1v) is 8.38. The van der Waals surface area contributed by atoms with E-state index in [4.69, 9.17) is 4.74 Å². The van der Waals surface area contributed by atoms with Crippen LogP contribution in [0.5, 0.6) is 0 Å². The highest BCUT2D eigenvalue weighted by atomic mass is 16.5. The molecular weight excluding hydrogens is 276 g/mol. The van der Waals surface area contributed by atoms with Gasteiger partial charge in [-0.3, -0.25) is 0 Å². The number of imidazole rings is 1. The SMILES string of the molecule is c1ccc2[nH]c(NC3CCN(C[C@H]4CCOC4)CC3)nc2c1. The van der Waals surface area contributed by atoms with E-state index in [9.17, 15) is 0 Å². The quantitative estimate of drug-likeness (QED) is 0.911. The molecule has 2 saturated heterocycles. The number of benzene rings is 1. The predicted molar refractivity (Wildman–Crippen MR) is 88.1 cm³/mol. The smallest absolute Gasteiger partial charge is 0.201 e. The fraction of sp³-hybridized carbons (Fsp3) is 0.588. The van der Waals surface area contributed by atoms with Gasteiger partial charge in [0.2, 0.25) is 5.95 Å². The average Bonchev–Trinajstić information content (AvgIpc) is 3.18. The number of rotatable bonds is 4. The van der Waals surface area contributed by atoms with Gasteiger partial charge in [-0.05, 0) is 37.3 Å². The van der Waals surface area contributed by atoms with Gasteiger partial charge in [0, 0.05) is 32.3 Å². The molecule has 2 aliphatic rings. The van der Waals surface area contributed by atoms with Crippen LogP contribution < -0.4 is 5.32 Å². The number of nitrogens with one attached hydrogen (secondary N) is 2. The Morgan fingerprint density at radius 2 is 2.09 bits per heavy atom. The lowest BCUT2D eigenvalue weighted by molar-refractivity contribution is 0.154. The fourth-order valence-electron chi connectivity index (χ4n) is 3.57. The highest BCUT2D eigenvalue weighted by molar-refractivity contribution is 5.77. The maximum atomic E-state index is 5.48. The van der Waals surface area contributed by atoms with E-state index < -0.39 is 0 Å². The zero-order valence-corrected chi connectivity index (χ0v) is 12.9. The van der Waals surface area contributed by atoms with Crippen molar-refractivity contribution in [1.82, 2.24) is 14.9 Å². The number of nitrogens with zero attached hydrogens (tertiary/aromatic N) is 2. The van der Waals surface area contributed by atoms with Crippen LogP contribution in [0.25, 0.3) is 11.0 Å². The maximum absolute atomic E-state index is 5.48. The molecule has 0 amide bonds. The first-order valence-electron chi connectivity index (χ1n) is 8.38. The summed E-state index contributed by atoms with van der Waals surface area (Å²) in [6.45, 7) is 5.46. The second-order valence-corrected chi connectivity index (χ2v) is 6.55. The Kier molecular flexibility index (Phi) is 3.99.